The van der Waals surface area contributed by atoms with E-state index >= 15 is 0 Å². The van der Waals surface area contributed by atoms with Crippen molar-refractivity contribution in [3.63, 3.8) is 0 Å². The Kier molecular flexibility index (Phi) is 5.33. The highest BCUT2D eigenvalue weighted by atomic mass is 16.2. The number of amides is 3. The van der Waals surface area contributed by atoms with Crippen LogP contribution in [0, 0.1) is 12.8 Å². The summed E-state index contributed by atoms with van der Waals surface area (Å²) in [5.74, 6) is 0.236. The van der Waals surface area contributed by atoms with Gasteiger partial charge in [-0.1, -0.05) is 42.3 Å². The maximum atomic E-state index is 13.1. The summed E-state index contributed by atoms with van der Waals surface area (Å²) in [5.41, 5.74) is 3.95. The Morgan fingerprint density at radius 1 is 1.07 bits per heavy atom. The second-order valence-corrected chi connectivity index (χ2v) is 7.87. The predicted molar refractivity (Wildman–Crippen MR) is 111 cm³/mol. The third-order valence-electron chi connectivity index (χ3n) is 5.67. The van der Waals surface area contributed by atoms with Crippen LogP contribution in [-0.4, -0.2) is 29.9 Å². The van der Waals surface area contributed by atoms with Gasteiger partial charge in [-0.25, -0.2) is 4.79 Å². The van der Waals surface area contributed by atoms with Gasteiger partial charge in [0.15, 0.2) is 0 Å². The van der Waals surface area contributed by atoms with Crippen LogP contribution < -0.4 is 10.2 Å². The summed E-state index contributed by atoms with van der Waals surface area (Å²) < 4.78 is 0. The van der Waals surface area contributed by atoms with Gasteiger partial charge in [-0.05, 0) is 49.9 Å². The van der Waals surface area contributed by atoms with Crippen LogP contribution in [-0.2, 0) is 11.3 Å². The summed E-state index contributed by atoms with van der Waals surface area (Å²) >= 11 is 0. The molecule has 2 aromatic rings. The number of hydrogen-bond acceptors (Lipinski definition) is 2. The first-order chi connectivity index (χ1) is 13.6. The number of carbonyl (C=O) groups excluding carboxylic acids is 2. The van der Waals surface area contributed by atoms with Crippen LogP contribution in [0.1, 0.15) is 36.8 Å². The summed E-state index contributed by atoms with van der Waals surface area (Å²) in [6.07, 6.45) is 4.02. The highest BCUT2D eigenvalue weighted by Gasteiger charge is 2.28. The minimum Gasteiger partial charge on any atom is -0.326 e. The first-order valence-electron chi connectivity index (χ1n) is 10.1. The summed E-state index contributed by atoms with van der Waals surface area (Å²) in [5, 5.41) is 3.00. The van der Waals surface area contributed by atoms with Gasteiger partial charge in [0, 0.05) is 36.9 Å². The Morgan fingerprint density at radius 2 is 1.89 bits per heavy atom. The van der Waals surface area contributed by atoms with Gasteiger partial charge in [-0.3, -0.25) is 9.69 Å². The molecule has 0 bridgehead atoms. The van der Waals surface area contributed by atoms with E-state index in [9.17, 15) is 9.59 Å². The lowest BCUT2D eigenvalue weighted by Gasteiger charge is -2.36. The normalized spacial score (nSPS) is 17.4. The molecule has 4 rings (SSSR count). The van der Waals surface area contributed by atoms with Gasteiger partial charge in [0.1, 0.15) is 0 Å². The average Bonchev–Trinajstić information content (AvgIpc) is 2.62. The van der Waals surface area contributed by atoms with Crippen LogP contribution in [0.25, 0.3) is 0 Å². The van der Waals surface area contributed by atoms with Crippen molar-refractivity contribution in [1.82, 2.24) is 4.90 Å². The van der Waals surface area contributed by atoms with E-state index < -0.39 is 0 Å². The Morgan fingerprint density at radius 3 is 2.64 bits per heavy atom. The maximum absolute atomic E-state index is 13.1. The van der Waals surface area contributed by atoms with Crippen LogP contribution in [0.5, 0.6) is 0 Å². The molecule has 5 nitrogen and oxygen atoms in total. The van der Waals surface area contributed by atoms with Gasteiger partial charge in [-0.15, -0.1) is 0 Å². The lowest BCUT2D eigenvalue weighted by molar-refractivity contribution is -0.122. The molecule has 1 heterocycles. The van der Waals surface area contributed by atoms with Gasteiger partial charge >= 0.3 is 6.03 Å². The summed E-state index contributed by atoms with van der Waals surface area (Å²) in [4.78, 5) is 29.0. The van der Waals surface area contributed by atoms with Crippen molar-refractivity contribution in [3.05, 3.63) is 59.7 Å². The van der Waals surface area contributed by atoms with E-state index in [-0.39, 0.29) is 17.9 Å². The van der Waals surface area contributed by atoms with Crippen molar-refractivity contribution >= 4 is 23.3 Å². The van der Waals surface area contributed by atoms with E-state index in [0.29, 0.717) is 13.1 Å². The molecular weight excluding hydrogens is 350 g/mol. The molecule has 1 saturated heterocycles. The van der Waals surface area contributed by atoms with Gasteiger partial charge in [0.05, 0.1) is 0 Å². The molecule has 1 aliphatic carbocycles. The molecule has 1 saturated carbocycles. The molecule has 3 amide bonds. The Bertz CT molecular complexity index is 876. The molecule has 0 spiro atoms. The zero-order chi connectivity index (χ0) is 19.5. The third-order valence-corrected chi connectivity index (χ3v) is 5.67. The molecular formula is C23H27N3O2. The van der Waals surface area contributed by atoms with Crippen LogP contribution >= 0.6 is 0 Å². The van der Waals surface area contributed by atoms with Crippen LogP contribution in [0.15, 0.2) is 48.5 Å². The van der Waals surface area contributed by atoms with Crippen LogP contribution in [0.3, 0.4) is 0 Å². The lowest BCUT2D eigenvalue weighted by Crippen LogP contribution is -2.49. The molecule has 0 atom stereocenters. The van der Waals surface area contributed by atoms with Crippen molar-refractivity contribution in [2.75, 3.05) is 23.3 Å². The lowest BCUT2D eigenvalue weighted by atomic mass is 9.85. The van der Waals surface area contributed by atoms with Gasteiger partial charge < -0.3 is 10.2 Å². The van der Waals surface area contributed by atoms with E-state index in [0.717, 1.165) is 49.2 Å². The van der Waals surface area contributed by atoms with Crippen molar-refractivity contribution in [1.29, 1.82) is 0 Å². The molecule has 2 fully saturated rings. The number of rotatable bonds is 5. The fourth-order valence-corrected chi connectivity index (χ4v) is 3.87. The molecule has 0 aromatic heterocycles. The fourth-order valence-electron chi connectivity index (χ4n) is 3.87. The number of nitrogens with one attached hydrogen (secondary N) is 1. The number of carbonyl (C=O) groups is 2. The van der Waals surface area contributed by atoms with Gasteiger partial charge in [-0.2, -0.15) is 0 Å². The topological polar surface area (TPSA) is 52.6 Å². The van der Waals surface area contributed by atoms with Crippen molar-refractivity contribution in [2.45, 2.75) is 39.2 Å². The molecule has 28 heavy (non-hydrogen) atoms. The number of anilines is 2. The van der Waals surface area contributed by atoms with Crippen molar-refractivity contribution in [2.24, 2.45) is 5.92 Å². The summed E-state index contributed by atoms with van der Waals surface area (Å²) in [6, 6.07) is 16.0. The highest BCUT2D eigenvalue weighted by Crippen LogP contribution is 2.29. The van der Waals surface area contributed by atoms with Gasteiger partial charge in [0.25, 0.3) is 0 Å². The maximum Gasteiger partial charge on any atom is 0.324 e. The van der Waals surface area contributed by atoms with Crippen molar-refractivity contribution < 1.29 is 9.59 Å². The minimum absolute atomic E-state index is 0.0234. The van der Waals surface area contributed by atoms with E-state index in [1.54, 1.807) is 0 Å². The molecule has 2 aromatic carbocycles. The van der Waals surface area contributed by atoms with E-state index in [2.05, 4.69) is 30.4 Å². The van der Waals surface area contributed by atoms with Gasteiger partial charge in [0.2, 0.25) is 5.91 Å². The first kappa shape index (κ1) is 18.5. The Labute approximate surface area is 166 Å². The number of aryl methyl sites for hydroxylation is 1. The number of hydrogen-bond donors (Lipinski definition) is 1. The fraction of sp³-hybridized carbons (Fsp3) is 0.391. The number of urea groups is 1. The monoisotopic (exact) mass is 377 g/mol. The number of benzene rings is 2. The molecule has 5 heteroatoms. The van der Waals surface area contributed by atoms with Crippen molar-refractivity contribution in [3.8, 4) is 0 Å². The Hall–Kier alpha value is -2.82. The Balaban J connectivity index is 1.46. The van der Waals surface area contributed by atoms with Crippen LogP contribution in [0.2, 0.25) is 0 Å². The smallest absolute Gasteiger partial charge is 0.324 e. The van der Waals surface area contributed by atoms with E-state index in [1.165, 1.54) is 5.56 Å². The molecule has 2 aliphatic rings. The minimum atomic E-state index is 0.0234. The van der Waals surface area contributed by atoms with E-state index in [4.69, 9.17) is 0 Å². The zero-order valence-electron chi connectivity index (χ0n) is 16.4. The summed E-state index contributed by atoms with van der Waals surface area (Å²) in [6.45, 7) is 4.15. The molecule has 146 valence electrons. The molecule has 0 unspecified atom stereocenters. The SMILES string of the molecule is Cc1cccc(CN2CCCN(c3cccc(NC(=O)C4CCC4)c3)C2=O)c1. The highest BCUT2D eigenvalue weighted by molar-refractivity contribution is 5.96. The first-order valence-corrected chi connectivity index (χ1v) is 10.1. The third kappa shape index (κ3) is 4.03. The number of nitrogens with zero attached hydrogens (tertiary/aromatic N) is 2. The van der Waals surface area contributed by atoms with Crippen LogP contribution in [0.4, 0.5) is 16.2 Å². The predicted octanol–water partition coefficient (Wildman–Crippen LogP) is 4.57. The summed E-state index contributed by atoms with van der Waals surface area (Å²) in [7, 11) is 0. The van der Waals surface area contributed by atoms with E-state index in [1.807, 2.05) is 40.1 Å². The zero-order valence-corrected chi connectivity index (χ0v) is 16.4. The quantitative estimate of drug-likeness (QED) is 0.830. The second kappa shape index (κ2) is 8.05. The molecule has 1 aliphatic heterocycles. The molecule has 1 N–H and O–H groups in total. The second-order valence-electron chi connectivity index (χ2n) is 7.87. The average molecular weight is 377 g/mol. The largest absolute Gasteiger partial charge is 0.326 e. The standard InChI is InChI=1S/C23H27N3O2/c1-17-6-2-7-18(14-17)16-25-12-5-13-26(23(25)28)21-11-4-10-20(15-21)24-22(27)19-8-3-9-19/h2,4,6-7,10-11,14-15,19H,3,5,8-9,12-13,16H2,1H3,(H,24,27). The molecule has 0 radical (unpaired) electrons.